The Morgan fingerprint density at radius 1 is 1.27 bits per heavy atom. The van der Waals surface area contributed by atoms with E-state index in [0.29, 0.717) is 44.3 Å². The number of rotatable bonds is 6. The molecule has 2 N–H and O–H groups in total. The lowest BCUT2D eigenvalue weighted by molar-refractivity contribution is -0.136. The summed E-state index contributed by atoms with van der Waals surface area (Å²) in [6.45, 7) is 4.71. The third-order valence-electron chi connectivity index (χ3n) is 4.82. The van der Waals surface area contributed by atoms with Crippen molar-refractivity contribution in [2.45, 2.75) is 32.2 Å². The highest BCUT2D eigenvalue weighted by molar-refractivity contribution is 5.90. The minimum atomic E-state index is 0. The van der Waals surface area contributed by atoms with Gasteiger partial charge in [-0.3, -0.25) is 14.3 Å². The maximum atomic E-state index is 12.2. The molecule has 0 spiro atoms. The van der Waals surface area contributed by atoms with Gasteiger partial charge in [0.2, 0.25) is 11.8 Å². The van der Waals surface area contributed by atoms with Crippen molar-refractivity contribution in [1.29, 1.82) is 0 Å². The first-order chi connectivity index (χ1) is 12.2. The van der Waals surface area contributed by atoms with Gasteiger partial charge in [0, 0.05) is 25.7 Å². The van der Waals surface area contributed by atoms with E-state index in [1.54, 1.807) is 22.0 Å². The van der Waals surface area contributed by atoms with Crippen LogP contribution in [0.5, 0.6) is 0 Å². The molecule has 2 fully saturated rings. The molecule has 0 saturated carbocycles. The Hall–Kier alpha value is -1.64. The SMILES string of the molecule is Cl.O=C(CCC1CCNCC1)Nc1cnn(CC(=O)N2CCOCC2)c1. The second-order valence-electron chi connectivity index (χ2n) is 6.70. The number of halogens is 1. The molecule has 1 aromatic rings. The monoisotopic (exact) mass is 385 g/mol. The number of aromatic nitrogens is 2. The summed E-state index contributed by atoms with van der Waals surface area (Å²) in [5.74, 6) is 0.675. The largest absolute Gasteiger partial charge is 0.378 e. The van der Waals surface area contributed by atoms with Gasteiger partial charge < -0.3 is 20.3 Å². The minimum absolute atomic E-state index is 0. The third kappa shape index (κ3) is 6.26. The topological polar surface area (TPSA) is 88.5 Å². The molecule has 2 aliphatic rings. The van der Waals surface area contributed by atoms with Crippen LogP contribution in [0.3, 0.4) is 0 Å². The summed E-state index contributed by atoms with van der Waals surface area (Å²) in [6.07, 6.45) is 7.05. The molecule has 2 aliphatic heterocycles. The van der Waals surface area contributed by atoms with Crippen molar-refractivity contribution in [1.82, 2.24) is 20.0 Å². The summed E-state index contributed by atoms with van der Waals surface area (Å²) in [5, 5.41) is 10.4. The van der Waals surface area contributed by atoms with Crippen molar-refractivity contribution >= 4 is 29.9 Å². The molecule has 0 atom stereocenters. The average Bonchev–Trinajstić information content (AvgIpc) is 3.08. The zero-order valence-corrected chi connectivity index (χ0v) is 15.8. The quantitative estimate of drug-likeness (QED) is 0.759. The lowest BCUT2D eigenvalue weighted by atomic mass is 9.93. The Labute approximate surface area is 160 Å². The Bertz CT molecular complexity index is 583. The molecule has 0 aliphatic carbocycles. The fourth-order valence-electron chi connectivity index (χ4n) is 3.30. The Kier molecular flexibility index (Phi) is 8.34. The van der Waals surface area contributed by atoms with Crippen molar-refractivity contribution in [2.24, 2.45) is 5.92 Å². The van der Waals surface area contributed by atoms with Crippen LogP contribution in [-0.2, 0) is 20.9 Å². The van der Waals surface area contributed by atoms with E-state index in [1.807, 2.05) is 0 Å². The zero-order valence-electron chi connectivity index (χ0n) is 15.0. The molecule has 2 saturated heterocycles. The number of nitrogens with one attached hydrogen (secondary N) is 2. The predicted molar refractivity (Wildman–Crippen MR) is 100 cm³/mol. The van der Waals surface area contributed by atoms with E-state index >= 15 is 0 Å². The number of morpholine rings is 1. The van der Waals surface area contributed by atoms with E-state index in [0.717, 1.165) is 32.4 Å². The van der Waals surface area contributed by atoms with Gasteiger partial charge in [-0.2, -0.15) is 5.10 Å². The smallest absolute Gasteiger partial charge is 0.244 e. The third-order valence-corrected chi connectivity index (χ3v) is 4.82. The van der Waals surface area contributed by atoms with Crippen LogP contribution in [0, 0.1) is 5.92 Å². The predicted octanol–water partition coefficient (Wildman–Crippen LogP) is 0.882. The van der Waals surface area contributed by atoms with E-state index in [-0.39, 0.29) is 30.8 Å². The van der Waals surface area contributed by atoms with E-state index in [4.69, 9.17) is 4.74 Å². The number of anilines is 1. The van der Waals surface area contributed by atoms with Gasteiger partial charge in [-0.05, 0) is 38.3 Å². The van der Waals surface area contributed by atoms with Gasteiger partial charge in [-0.1, -0.05) is 0 Å². The summed E-state index contributed by atoms with van der Waals surface area (Å²) in [7, 11) is 0. The van der Waals surface area contributed by atoms with Gasteiger partial charge in [-0.15, -0.1) is 12.4 Å². The molecule has 8 nitrogen and oxygen atoms in total. The fourth-order valence-corrected chi connectivity index (χ4v) is 3.30. The number of ether oxygens (including phenoxy) is 1. The van der Waals surface area contributed by atoms with Crippen molar-refractivity contribution in [2.75, 3.05) is 44.7 Å². The maximum Gasteiger partial charge on any atom is 0.244 e. The van der Waals surface area contributed by atoms with Gasteiger partial charge in [0.25, 0.3) is 0 Å². The Morgan fingerprint density at radius 2 is 2.00 bits per heavy atom. The van der Waals surface area contributed by atoms with E-state index in [2.05, 4.69) is 15.7 Å². The molecule has 26 heavy (non-hydrogen) atoms. The van der Waals surface area contributed by atoms with Crippen LogP contribution in [0.15, 0.2) is 12.4 Å². The molecular weight excluding hydrogens is 358 g/mol. The summed E-state index contributed by atoms with van der Waals surface area (Å²) < 4.78 is 6.82. The number of hydrogen-bond donors (Lipinski definition) is 2. The number of hydrogen-bond acceptors (Lipinski definition) is 5. The summed E-state index contributed by atoms with van der Waals surface area (Å²) in [5.41, 5.74) is 0.644. The maximum absolute atomic E-state index is 12.2. The van der Waals surface area contributed by atoms with Crippen molar-refractivity contribution < 1.29 is 14.3 Å². The van der Waals surface area contributed by atoms with Gasteiger partial charge in [-0.25, -0.2) is 0 Å². The zero-order chi connectivity index (χ0) is 17.5. The Morgan fingerprint density at radius 3 is 2.73 bits per heavy atom. The lowest BCUT2D eigenvalue weighted by Crippen LogP contribution is -2.42. The van der Waals surface area contributed by atoms with Crippen LogP contribution >= 0.6 is 12.4 Å². The van der Waals surface area contributed by atoms with Crippen molar-refractivity contribution in [3.05, 3.63) is 12.4 Å². The molecule has 0 unspecified atom stereocenters. The van der Waals surface area contributed by atoms with Crippen molar-refractivity contribution in [3.8, 4) is 0 Å². The first kappa shape index (κ1) is 20.7. The van der Waals surface area contributed by atoms with E-state index in [9.17, 15) is 9.59 Å². The second kappa shape index (κ2) is 10.5. The first-order valence-electron chi connectivity index (χ1n) is 9.09. The second-order valence-corrected chi connectivity index (χ2v) is 6.70. The normalized spacial score (nSPS) is 18.2. The summed E-state index contributed by atoms with van der Waals surface area (Å²) >= 11 is 0. The van der Waals surface area contributed by atoms with E-state index < -0.39 is 0 Å². The summed E-state index contributed by atoms with van der Waals surface area (Å²) in [6, 6.07) is 0. The van der Waals surface area contributed by atoms with Gasteiger partial charge in [0.05, 0.1) is 25.1 Å². The average molecular weight is 386 g/mol. The number of piperidine rings is 1. The number of nitrogens with zero attached hydrogens (tertiary/aromatic N) is 3. The number of carbonyl (C=O) groups is 2. The van der Waals surface area contributed by atoms with Crippen LogP contribution in [0.25, 0.3) is 0 Å². The number of carbonyl (C=O) groups excluding carboxylic acids is 2. The first-order valence-corrected chi connectivity index (χ1v) is 9.09. The standard InChI is InChI=1S/C17H27N5O3.ClH/c23-16(2-1-14-3-5-18-6-4-14)20-15-11-19-22(12-15)13-17(24)21-7-9-25-10-8-21;/h11-12,14,18H,1-10,13H2,(H,20,23);1H. The molecule has 2 amide bonds. The van der Waals surface area contributed by atoms with Crippen LogP contribution < -0.4 is 10.6 Å². The van der Waals surface area contributed by atoms with Crippen LogP contribution in [0.4, 0.5) is 5.69 Å². The van der Waals surface area contributed by atoms with Gasteiger partial charge in [0.1, 0.15) is 6.54 Å². The molecule has 3 heterocycles. The molecule has 3 rings (SSSR count). The molecule has 0 bridgehead atoms. The minimum Gasteiger partial charge on any atom is -0.378 e. The highest BCUT2D eigenvalue weighted by atomic mass is 35.5. The molecular formula is C17H28ClN5O3. The molecule has 146 valence electrons. The van der Waals surface area contributed by atoms with Gasteiger partial charge in [0.15, 0.2) is 0 Å². The molecule has 0 aromatic carbocycles. The lowest BCUT2D eigenvalue weighted by Gasteiger charge is -2.26. The van der Waals surface area contributed by atoms with Crippen LogP contribution in [-0.4, -0.2) is 65.9 Å². The number of amides is 2. The van der Waals surface area contributed by atoms with Crippen molar-refractivity contribution in [3.63, 3.8) is 0 Å². The van der Waals surface area contributed by atoms with Crippen LogP contribution in [0.1, 0.15) is 25.7 Å². The molecule has 9 heteroatoms. The highest BCUT2D eigenvalue weighted by Crippen LogP contribution is 2.18. The molecule has 1 aromatic heterocycles. The fraction of sp³-hybridized carbons (Fsp3) is 0.706. The van der Waals surface area contributed by atoms with Crippen LogP contribution in [0.2, 0.25) is 0 Å². The Balaban J connectivity index is 0.00000243. The summed E-state index contributed by atoms with van der Waals surface area (Å²) in [4.78, 5) is 26.1. The highest BCUT2D eigenvalue weighted by Gasteiger charge is 2.18. The van der Waals surface area contributed by atoms with E-state index in [1.165, 1.54) is 0 Å². The molecule has 0 radical (unpaired) electrons. The van der Waals surface area contributed by atoms with Gasteiger partial charge >= 0.3 is 0 Å².